The standard InChI is InChI=1S/C16H18ClNO5/c1-9(2)13(16(21)23-12-7-8-22-15(12)20)18-14(19)10-5-3-4-6-11(10)17/h3-6,9,12-13H,7-8H2,1-2H3,(H,18,19)/t12-,13+/m1/s1. The Morgan fingerprint density at radius 3 is 2.61 bits per heavy atom. The van der Waals surface area contributed by atoms with Crippen LogP contribution in [0.25, 0.3) is 0 Å². The number of ether oxygens (including phenoxy) is 2. The molecule has 7 heteroatoms. The van der Waals surface area contributed by atoms with E-state index in [4.69, 9.17) is 21.1 Å². The Morgan fingerprint density at radius 2 is 2.04 bits per heavy atom. The number of carbonyl (C=O) groups excluding carboxylic acids is 3. The first-order valence-corrected chi connectivity index (χ1v) is 7.70. The summed E-state index contributed by atoms with van der Waals surface area (Å²) in [6.45, 7) is 3.77. The van der Waals surface area contributed by atoms with Crippen molar-refractivity contribution in [3.8, 4) is 0 Å². The van der Waals surface area contributed by atoms with E-state index in [1.165, 1.54) is 0 Å². The summed E-state index contributed by atoms with van der Waals surface area (Å²) in [5, 5.41) is 2.90. The van der Waals surface area contributed by atoms with Crippen molar-refractivity contribution in [3.63, 3.8) is 0 Å². The van der Waals surface area contributed by atoms with Crippen LogP contribution in [0.4, 0.5) is 0 Å². The van der Waals surface area contributed by atoms with Crippen LogP contribution in [0.3, 0.4) is 0 Å². The fraction of sp³-hybridized carbons (Fsp3) is 0.438. The second kappa shape index (κ2) is 7.46. The number of esters is 2. The maximum Gasteiger partial charge on any atom is 0.347 e. The van der Waals surface area contributed by atoms with Gasteiger partial charge in [0.25, 0.3) is 5.91 Å². The van der Waals surface area contributed by atoms with Gasteiger partial charge >= 0.3 is 11.9 Å². The molecule has 0 unspecified atom stereocenters. The molecule has 1 aromatic rings. The zero-order chi connectivity index (χ0) is 17.0. The van der Waals surface area contributed by atoms with Crippen LogP contribution >= 0.6 is 11.6 Å². The number of halogens is 1. The van der Waals surface area contributed by atoms with Crippen LogP contribution in [0.2, 0.25) is 5.02 Å². The molecule has 1 heterocycles. The summed E-state index contributed by atoms with van der Waals surface area (Å²) in [4.78, 5) is 35.9. The van der Waals surface area contributed by atoms with Crippen molar-refractivity contribution in [3.05, 3.63) is 34.9 Å². The molecule has 1 aromatic carbocycles. The van der Waals surface area contributed by atoms with Gasteiger partial charge in [0, 0.05) is 6.42 Å². The van der Waals surface area contributed by atoms with Crippen molar-refractivity contribution in [2.45, 2.75) is 32.4 Å². The minimum atomic E-state index is -0.902. The summed E-state index contributed by atoms with van der Waals surface area (Å²) in [5.41, 5.74) is 0.271. The van der Waals surface area contributed by atoms with E-state index in [9.17, 15) is 14.4 Å². The number of nitrogens with one attached hydrogen (secondary N) is 1. The summed E-state index contributed by atoms with van der Waals surface area (Å²) in [6, 6.07) is 5.66. The van der Waals surface area contributed by atoms with Gasteiger partial charge in [-0.2, -0.15) is 0 Å². The molecule has 2 rings (SSSR count). The molecular formula is C16H18ClNO5. The average molecular weight is 340 g/mol. The highest BCUT2D eigenvalue weighted by Gasteiger charge is 2.34. The van der Waals surface area contributed by atoms with Gasteiger partial charge in [0.2, 0.25) is 6.10 Å². The summed E-state index contributed by atoms with van der Waals surface area (Å²) < 4.78 is 9.90. The second-order valence-corrected chi connectivity index (χ2v) is 5.96. The molecule has 0 aromatic heterocycles. The molecule has 1 N–H and O–H groups in total. The van der Waals surface area contributed by atoms with Crippen LogP contribution in [-0.4, -0.2) is 36.6 Å². The lowest BCUT2D eigenvalue weighted by atomic mass is 10.0. The number of hydrogen-bond acceptors (Lipinski definition) is 5. The third-order valence-electron chi connectivity index (χ3n) is 3.47. The molecule has 23 heavy (non-hydrogen) atoms. The number of hydrogen-bond donors (Lipinski definition) is 1. The van der Waals surface area contributed by atoms with Gasteiger partial charge in [0.05, 0.1) is 17.2 Å². The van der Waals surface area contributed by atoms with Gasteiger partial charge in [-0.3, -0.25) is 4.79 Å². The smallest absolute Gasteiger partial charge is 0.347 e. The number of cyclic esters (lactones) is 1. The number of amides is 1. The van der Waals surface area contributed by atoms with Crippen LogP contribution in [0.5, 0.6) is 0 Å². The average Bonchev–Trinajstić information content (AvgIpc) is 2.89. The number of carbonyl (C=O) groups is 3. The van der Waals surface area contributed by atoms with Crippen molar-refractivity contribution in [2.75, 3.05) is 6.61 Å². The first-order chi connectivity index (χ1) is 10.9. The topological polar surface area (TPSA) is 81.7 Å². The van der Waals surface area contributed by atoms with Gasteiger partial charge in [-0.05, 0) is 18.1 Å². The van der Waals surface area contributed by atoms with Gasteiger partial charge in [-0.1, -0.05) is 37.6 Å². The highest BCUT2D eigenvalue weighted by Crippen LogP contribution is 2.17. The fourth-order valence-corrected chi connectivity index (χ4v) is 2.38. The van der Waals surface area contributed by atoms with E-state index in [-0.39, 0.29) is 18.1 Å². The Hall–Kier alpha value is -2.08. The Labute approximate surface area is 139 Å². The van der Waals surface area contributed by atoms with Gasteiger partial charge in [-0.25, -0.2) is 9.59 Å². The molecular weight excluding hydrogens is 322 g/mol. The fourth-order valence-electron chi connectivity index (χ4n) is 2.16. The Morgan fingerprint density at radius 1 is 1.35 bits per heavy atom. The first-order valence-electron chi connectivity index (χ1n) is 7.32. The zero-order valence-corrected chi connectivity index (χ0v) is 13.6. The van der Waals surface area contributed by atoms with Crippen LogP contribution in [0, 0.1) is 5.92 Å². The minimum absolute atomic E-state index is 0.216. The van der Waals surface area contributed by atoms with Crippen molar-refractivity contribution < 1.29 is 23.9 Å². The molecule has 1 saturated heterocycles. The van der Waals surface area contributed by atoms with Crippen LogP contribution in [-0.2, 0) is 19.1 Å². The third-order valence-corrected chi connectivity index (χ3v) is 3.80. The van der Waals surface area contributed by atoms with E-state index >= 15 is 0 Å². The van der Waals surface area contributed by atoms with Gasteiger partial charge < -0.3 is 14.8 Å². The number of benzene rings is 1. The van der Waals surface area contributed by atoms with Crippen molar-refractivity contribution >= 4 is 29.4 Å². The Balaban J connectivity index is 2.06. The van der Waals surface area contributed by atoms with Crippen LogP contribution in [0.1, 0.15) is 30.6 Å². The Bertz CT molecular complexity index is 616. The molecule has 0 aliphatic carbocycles. The molecule has 6 nitrogen and oxygen atoms in total. The molecule has 0 bridgehead atoms. The maximum absolute atomic E-state index is 12.3. The van der Waals surface area contributed by atoms with E-state index in [0.29, 0.717) is 11.4 Å². The van der Waals surface area contributed by atoms with Crippen LogP contribution in [0.15, 0.2) is 24.3 Å². The summed E-state index contributed by atoms with van der Waals surface area (Å²) in [7, 11) is 0. The van der Waals surface area contributed by atoms with Crippen molar-refractivity contribution in [1.82, 2.24) is 5.32 Å². The van der Waals surface area contributed by atoms with Crippen molar-refractivity contribution in [2.24, 2.45) is 5.92 Å². The summed E-state index contributed by atoms with van der Waals surface area (Å²) >= 11 is 5.98. The quantitative estimate of drug-likeness (QED) is 0.829. The normalized spacial score (nSPS) is 18.4. The maximum atomic E-state index is 12.3. The van der Waals surface area contributed by atoms with E-state index < -0.39 is 30.0 Å². The molecule has 2 atom stereocenters. The molecule has 0 radical (unpaired) electrons. The summed E-state index contributed by atoms with van der Waals surface area (Å²) in [6.07, 6.45) is -0.575. The van der Waals surface area contributed by atoms with E-state index in [1.54, 1.807) is 38.1 Å². The largest absolute Gasteiger partial charge is 0.463 e. The zero-order valence-electron chi connectivity index (χ0n) is 12.9. The lowest BCUT2D eigenvalue weighted by Crippen LogP contribution is -2.46. The Kier molecular flexibility index (Phi) is 5.60. The van der Waals surface area contributed by atoms with Crippen LogP contribution < -0.4 is 5.32 Å². The third kappa shape index (κ3) is 4.22. The van der Waals surface area contributed by atoms with E-state index in [2.05, 4.69) is 5.32 Å². The predicted octanol–water partition coefficient (Wildman–Crippen LogP) is 1.95. The van der Waals surface area contributed by atoms with Gasteiger partial charge in [0.1, 0.15) is 6.04 Å². The SMILES string of the molecule is CC(C)[C@H](NC(=O)c1ccccc1Cl)C(=O)O[C@@H]1CCOC1=O. The molecule has 1 aliphatic heterocycles. The monoisotopic (exact) mass is 339 g/mol. The summed E-state index contributed by atoms with van der Waals surface area (Å²) in [5.74, 6) is -1.91. The second-order valence-electron chi connectivity index (χ2n) is 5.56. The molecule has 124 valence electrons. The van der Waals surface area contributed by atoms with E-state index in [1.807, 2.05) is 0 Å². The highest BCUT2D eigenvalue weighted by molar-refractivity contribution is 6.33. The minimum Gasteiger partial charge on any atom is -0.463 e. The molecule has 1 fully saturated rings. The van der Waals surface area contributed by atoms with E-state index in [0.717, 1.165) is 0 Å². The predicted molar refractivity (Wildman–Crippen MR) is 83.0 cm³/mol. The number of rotatable bonds is 5. The molecule has 0 spiro atoms. The molecule has 0 saturated carbocycles. The first kappa shape index (κ1) is 17.3. The molecule has 1 aliphatic rings. The van der Waals surface area contributed by atoms with Gasteiger partial charge in [0.15, 0.2) is 0 Å². The van der Waals surface area contributed by atoms with Crippen molar-refractivity contribution in [1.29, 1.82) is 0 Å². The lowest BCUT2D eigenvalue weighted by Gasteiger charge is -2.22. The highest BCUT2D eigenvalue weighted by atomic mass is 35.5. The van der Waals surface area contributed by atoms with Gasteiger partial charge in [-0.15, -0.1) is 0 Å². The lowest BCUT2D eigenvalue weighted by molar-refractivity contribution is -0.162. The molecule has 1 amide bonds.